The van der Waals surface area contributed by atoms with Crippen molar-refractivity contribution in [1.82, 2.24) is 24.8 Å². The van der Waals surface area contributed by atoms with Gasteiger partial charge in [-0.2, -0.15) is 0 Å². The highest BCUT2D eigenvalue weighted by molar-refractivity contribution is 6.13. The zero-order valence-corrected chi connectivity index (χ0v) is 24.3. The number of pyridine rings is 2. The van der Waals surface area contributed by atoms with E-state index in [9.17, 15) is 4.79 Å². The second-order valence-corrected chi connectivity index (χ2v) is 12.4. The van der Waals surface area contributed by atoms with Gasteiger partial charge in [0.15, 0.2) is 0 Å². The zero-order chi connectivity index (χ0) is 29.1. The molecule has 4 aromatic heterocycles. The number of nitrogens with one attached hydrogen (secondary N) is 3. The molecule has 0 saturated heterocycles. The highest BCUT2D eigenvalue weighted by Gasteiger charge is 2.35. The van der Waals surface area contributed by atoms with Crippen LogP contribution in [0.3, 0.4) is 0 Å². The first kappa shape index (κ1) is 25.7. The molecule has 8 rings (SSSR count). The van der Waals surface area contributed by atoms with Crippen molar-refractivity contribution in [1.29, 1.82) is 0 Å². The molecule has 2 aliphatic rings. The Kier molecular flexibility index (Phi) is 5.87. The lowest BCUT2D eigenvalue weighted by molar-refractivity contribution is 0.0997. The van der Waals surface area contributed by atoms with E-state index in [0.717, 1.165) is 64.4 Å². The molecule has 8 nitrogen and oxygen atoms in total. The van der Waals surface area contributed by atoms with E-state index in [2.05, 4.69) is 86.6 Å². The summed E-state index contributed by atoms with van der Waals surface area (Å²) in [5.74, 6) is 0.0388. The fourth-order valence-corrected chi connectivity index (χ4v) is 7.04. The highest BCUT2D eigenvalue weighted by Crippen LogP contribution is 2.39. The van der Waals surface area contributed by atoms with Gasteiger partial charge in [0.25, 0.3) is 5.91 Å². The number of rotatable bonds is 6. The van der Waals surface area contributed by atoms with Gasteiger partial charge in [0.2, 0.25) is 0 Å². The molecular weight excluding hydrogens is 534 g/mol. The van der Waals surface area contributed by atoms with Crippen LogP contribution >= 0.6 is 0 Å². The van der Waals surface area contributed by atoms with E-state index in [0.29, 0.717) is 13.1 Å². The molecule has 0 unspecified atom stereocenters. The summed E-state index contributed by atoms with van der Waals surface area (Å²) >= 11 is 0. The molecule has 0 aliphatic carbocycles. The maximum absolute atomic E-state index is 13.9. The molecule has 43 heavy (non-hydrogen) atoms. The predicted octanol–water partition coefficient (Wildman–Crippen LogP) is 6.51. The van der Waals surface area contributed by atoms with Crippen molar-refractivity contribution in [3.8, 4) is 0 Å². The number of carbonyl (C=O) groups excluding carboxylic acids is 1. The van der Waals surface area contributed by atoms with E-state index in [4.69, 9.17) is 0 Å². The standard InChI is InChI=1S/C35H33N7O/c1-35(2)21-41(19-25-17-40-33-28(25)8-5-13-37-33)18-23-14-26(10-11-29(23)35)42-20-22-6-3-9-30(31(22)34(42)43)38-15-24-16-39-32-27(24)7-4-12-36-32/h3-14,16-17,38H,15,18-21H2,1-2H3,(H,36,39)(H,37,40). The molecule has 0 fully saturated rings. The van der Waals surface area contributed by atoms with Crippen LogP contribution in [0, 0.1) is 0 Å². The van der Waals surface area contributed by atoms with Crippen molar-refractivity contribution < 1.29 is 4.79 Å². The van der Waals surface area contributed by atoms with Crippen molar-refractivity contribution in [2.45, 2.75) is 45.4 Å². The minimum Gasteiger partial charge on any atom is -0.380 e. The summed E-state index contributed by atoms with van der Waals surface area (Å²) in [6.07, 6.45) is 7.67. The molecule has 0 atom stereocenters. The van der Waals surface area contributed by atoms with E-state index in [1.807, 2.05) is 41.6 Å². The van der Waals surface area contributed by atoms with Crippen LogP contribution in [0.1, 0.15) is 52.0 Å². The molecule has 6 heterocycles. The van der Waals surface area contributed by atoms with Gasteiger partial charge in [-0.1, -0.05) is 32.0 Å². The second kappa shape index (κ2) is 9.81. The third-order valence-corrected chi connectivity index (χ3v) is 9.02. The van der Waals surface area contributed by atoms with Crippen LogP contribution in [-0.4, -0.2) is 37.3 Å². The number of benzene rings is 2. The third kappa shape index (κ3) is 4.37. The number of hydrogen-bond acceptors (Lipinski definition) is 5. The van der Waals surface area contributed by atoms with E-state index < -0.39 is 0 Å². The monoisotopic (exact) mass is 567 g/mol. The number of amides is 1. The van der Waals surface area contributed by atoms with E-state index in [1.165, 1.54) is 22.1 Å². The third-order valence-electron chi connectivity index (χ3n) is 9.02. The van der Waals surface area contributed by atoms with Crippen LogP contribution in [0.15, 0.2) is 85.5 Å². The fourth-order valence-electron chi connectivity index (χ4n) is 7.04. The Bertz CT molecular complexity index is 2020. The van der Waals surface area contributed by atoms with Crippen molar-refractivity contribution in [3.05, 3.63) is 119 Å². The molecule has 0 radical (unpaired) electrons. The summed E-state index contributed by atoms with van der Waals surface area (Å²) < 4.78 is 0. The molecule has 2 aromatic carbocycles. The average Bonchev–Trinajstić information content (AvgIpc) is 3.71. The van der Waals surface area contributed by atoms with Gasteiger partial charge in [-0.15, -0.1) is 0 Å². The van der Waals surface area contributed by atoms with Crippen molar-refractivity contribution in [2.75, 3.05) is 16.8 Å². The number of aromatic nitrogens is 4. The average molecular weight is 568 g/mol. The van der Waals surface area contributed by atoms with Crippen LogP contribution in [-0.2, 0) is 31.6 Å². The van der Waals surface area contributed by atoms with E-state index in [-0.39, 0.29) is 11.3 Å². The maximum Gasteiger partial charge on any atom is 0.261 e. The highest BCUT2D eigenvalue weighted by atomic mass is 16.2. The largest absolute Gasteiger partial charge is 0.380 e. The van der Waals surface area contributed by atoms with Gasteiger partial charge < -0.3 is 20.2 Å². The minimum absolute atomic E-state index is 0.0105. The summed E-state index contributed by atoms with van der Waals surface area (Å²) in [6, 6.07) is 20.8. The Hall–Kier alpha value is -4.95. The first-order valence-corrected chi connectivity index (χ1v) is 14.8. The van der Waals surface area contributed by atoms with Gasteiger partial charge in [0.1, 0.15) is 11.3 Å². The summed E-state index contributed by atoms with van der Waals surface area (Å²) in [7, 11) is 0. The molecule has 6 aromatic rings. The van der Waals surface area contributed by atoms with E-state index in [1.54, 1.807) is 6.20 Å². The molecule has 8 heteroatoms. The maximum atomic E-state index is 13.9. The summed E-state index contributed by atoms with van der Waals surface area (Å²) in [5, 5.41) is 5.79. The molecular formula is C35H33N7O. The van der Waals surface area contributed by atoms with Gasteiger partial charge in [-0.3, -0.25) is 9.69 Å². The number of anilines is 2. The number of nitrogens with zero attached hydrogens (tertiary/aromatic N) is 4. The Balaban J connectivity index is 1.05. The number of aromatic amines is 2. The smallest absolute Gasteiger partial charge is 0.261 e. The van der Waals surface area contributed by atoms with Gasteiger partial charge in [0.05, 0.1) is 12.1 Å². The van der Waals surface area contributed by atoms with Crippen molar-refractivity contribution >= 4 is 39.3 Å². The van der Waals surface area contributed by atoms with Crippen LogP contribution < -0.4 is 10.2 Å². The summed E-state index contributed by atoms with van der Waals surface area (Å²) in [6.45, 7) is 8.43. The van der Waals surface area contributed by atoms with Gasteiger partial charge >= 0.3 is 0 Å². The number of fused-ring (bicyclic) bond motifs is 4. The van der Waals surface area contributed by atoms with Crippen molar-refractivity contribution in [2.24, 2.45) is 0 Å². The normalized spacial score (nSPS) is 16.1. The summed E-state index contributed by atoms with van der Waals surface area (Å²) in [4.78, 5) is 33.8. The van der Waals surface area contributed by atoms with E-state index >= 15 is 0 Å². The Labute approximate surface area is 249 Å². The Morgan fingerprint density at radius 1 is 0.860 bits per heavy atom. The van der Waals surface area contributed by atoms with Gasteiger partial charge in [-0.25, -0.2) is 9.97 Å². The van der Waals surface area contributed by atoms with Crippen molar-refractivity contribution in [3.63, 3.8) is 0 Å². The number of H-pyrrole nitrogens is 2. The molecule has 2 aliphatic heterocycles. The number of carbonyl (C=O) groups is 1. The SMILES string of the molecule is CC1(C)CN(Cc2c[nH]c3ncccc23)Cc2cc(N3Cc4cccc(NCc5c[nH]c6ncccc56)c4C3=O)ccc21. The van der Waals surface area contributed by atoms with Gasteiger partial charge in [0, 0.05) is 78.5 Å². The molecule has 0 saturated carbocycles. The summed E-state index contributed by atoms with van der Waals surface area (Å²) in [5.41, 5.74) is 10.4. The molecule has 0 spiro atoms. The lowest BCUT2D eigenvalue weighted by atomic mass is 9.78. The topological polar surface area (TPSA) is 92.9 Å². The predicted molar refractivity (Wildman–Crippen MR) is 170 cm³/mol. The molecule has 3 N–H and O–H groups in total. The first-order chi connectivity index (χ1) is 20.9. The first-order valence-electron chi connectivity index (χ1n) is 14.8. The lowest BCUT2D eigenvalue weighted by Gasteiger charge is -2.40. The lowest BCUT2D eigenvalue weighted by Crippen LogP contribution is -2.41. The zero-order valence-electron chi connectivity index (χ0n) is 24.3. The molecule has 214 valence electrons. The quantitative estimate of drug-likeness (QED) is 0.214. The molecule has 0 bridgehead atoms. The van der Waals surface area contributed by atoms with Crippen LogP contribution in [0.5, 0.6) is 0 Å². The van der Waals surface area contributed by atoms with Crippen LogP contribution in [0.4, 0.5) is 11.4 Å². The Morgan fingerprint density at radius 2 is 1.60 bits per heavy atom. The Morgan fingerprint density at radius 3 is 2.40 bits per heavy atom. The minimum atomic E-state index is -0.0105. The van der Waals surface area contributed by atoms with Gasteiger partial charge in [-0.05, 0) is 70.3 Å². The number of hydrogen-bond donors (Lipinski definition) is 3. The molecule has 1 amide bonds. The second-order valence-electron chi connectivity index (χ2n) is 12.4. The van der Waals surface area contributed by atoms with Crippen LogP contribution in [0.25, 0.3) is 22.1 Å². The van der Waals surface area contributed by atoms with Crippen LogP contribution in [0.2, 0.25) is 0 Å². The fraction of sp³-hybridized carbons (Fsp3) is 0.229.